The van der Waals surface area contributed by atoms with Gasteiger partial charge < -0.3 is 10.2 Å². The van der Waals surface area contributed by atoms with Gasteiger partial charge in [-0.3, -0.25) is 0 Å². The molecular formula is C13H11N3OS. The largest absolute Gasteiger partial charge is 0.415 e. The number of benzene rings is 1. The van der Waals surface area contributed by atoms with Crippen LogP contribution >= 0.6 is 11.3 Å². The summed E-state index contributed by atoms with van der Waals surface area (Å²) in [5.41, 5.74) is 8.48. The molecule has 1 aromatic carbocycles. The Labute approximate surface area is 108 Å². The van der Waals surface area contributed by atoms with Crippen molar-refractivity contribution in [3.8, 4) is 22.2 Å². The molecule has 0 saturated heterocycles. The van der Waals surface area contributed by atoms with Crippen molar-refractivity contribution in [2.45, 2.75) is 6.92 Å². The molecule has 0 atom stereocenters. The molecule has 0 aliphatic rings. The molecular weight excluding hydrogens is 246 g/mol. The molecule has 2 N–H and O–H groups in total. The van der Waals surface area contributed by atoms with E-state index in [9.17, 15) is 0 Å². The Morgan fingerprint density at radius 3 is 2.72 bits per heavy atom. The molecule has 0 aliphatic carbocycles. The van der Waals surface area contributed by atoms with Gasteiger partial charge in [0.1, 0.15) is 0 Å². The van der Waals surface area contributed by atoms with Crippen LogP contribution in [0, 0.1) is 6.92 Å². The molecule has 90 valence electrons. The van der Waals surface area contributed by atoms with Gasteiger partial charge in [0, 0.05) is 11.3 Å². The van der Waals surface area contributed by atoms with E-state index in [1.54, 1.807) is 11.3 Å². The van der Waals surface area contributed by atoms with E-state index in [1.807, 2.05) is 42.6 Å². The number of nitrogen functional groups attached to an aromatic ring is 1. The van der Waals surface area contributed by atoms with E-state index < -0.39 is 0 Å². The number of aromatic nitrogens is 2. The quantitative estimate of drug-likeness (QED) is 0.715. The molecule has 0 aliphatic heterocycles. The molecule has 0 radical (unpaired) electrons. The second-order valence-electron chi connectivity index (χ2n) is 3.96. The Morgan fingerprint density at radius 2 is 2.00 bits per heavy atom. The maximum Gasteiger partial charge on any atom is 0.258 e. The minimum Gasteiger partial charge on any atom is -0.415 e. The number of nitrogens with zero attached hydrogens (tertiary/aromatic N) is 2. The standard InChI is InChI=1S/C13H11N3OS/c1-8-4-5-9(7-10(8)14)12-15-16-13(17-12)11-3-2-6-18-11/h2-7H,14H2,1H3. The van der Waals surface area contributed by atoms with Crippen molar-refractivity contribution in [1.82, 2.24) is 10.2 Å². The van der Waals surface area contributed by atoms with Crippen LogP contribution in [0.3, 0.4) is 0 Å². The topological polar surface area (TPSA) is 64.9 Å². The Hall–Kier alpha value is -2.14. The van der Waals surface area contributed by atoms with E-state index in [4.69, 9.17) is 10.2 Å². The lowest BCUT2D eigenvalue weighted by Gasteiger charge is -2.00. The van der Waals surface area contributed by atoms with Gasteiger partial charge in [0.15, 0.2) is 0 Å². The molecule has 0 unspecified atom stereocenters. The van der Waals surface area contributed by atoms with Crippen molar-refractivity contribution >= 4 is 17.0 Å². The summed E-state index contributed by atoms with van der Waals surface area (Å²) in [7, 11) is 0. The van der Waals surface area contributed by atoms with Crippen LogP contribution in [0.15, 0.2) is 40.1 Å². The number of anilines is 1. The molecule has 4 nitrogen and oxygen atoms in total. The minimum absolute atomic E-state index is 0.491. The first-order valence-electron chi connectivity index (χ1n) is 5.48. The second kappa shape index (κ2) is 4.27. The molecule has 0 bridgehead atoms. The Balaban J connectivity index is 2.00. The van der Waals surface area contributed by atoms with Gasteiger partial charge in [-0.15, -0.1) is 21.5 Å². The van der Waals surface area contributed by atoms with Gasteiger partial charge in [0.05, 0.1) is 4.88 Å². The van der Waals surface area contributed by atoms with Crippen LogP contribution in [0.1, 0.15) is 5.56 Å². The van der Waals surface area contributed by atoms with Crippen LogP contribution in [0.4, 0.5) is 5.69 Å². The number of hydrogen-bond acceptors (Lipinski definition) is 5. The summed E-state index contributed by atoms with van der Waals surface area (Å²) in [6.07, 6.45) is 0. The number of nitrogens with two attached hydrogens (primary N) is 1. The molecule has 2 heterocycles. The fraction of sp³-hybridized carbons (Fsp3) is 0.0769. The fourth-order valence-corrected chi connectivity index (χ4v) is 2.26. The first-order chi connectivity index (χ1) is 8.74. The van der Waals surface area contributed by atoms with E-state index in [0.29, 0.717) is 11.8 Å². The Kier molecular flexibility index (Phi) is 2.60. The predicted octanol–water partition coefficient (Wildman–Crippen LogP) is 3.36. The number of hydrogen-bond donors (Lipinski definition) is 1. The lowest BCUT2D eigenvalue weighted by atomic mass is 10.1. The van der Waals surface area contributed by atoms with Gasteiger partial charge in [-0.25, -0.2) is 0 Å². The van der Waals surface area contributed by atoms with Crippen molar-refractivity contribution < 1.29 is 4.42 Å². The van der Waals surface area contributed by atoms with Crippen molar-refractivity contribution in [2.75, 3.05) is 5.73 Å². The van der Waals surface area contributed by atoms with Crippen molar-refractivity contribution in [3.05, 3.63) is 41.3 Å². The van der Waals surface area contributed by atoms with E-state index in [-0.39, 0.29) is 0 Å². The summed E-state index contributed by atoms with van der Waals surface area (Å²) >= 11 is 1.57. The van der Waals surface area contributed by atoms with E-state index in [2.05, 4.69) is 10.2 Å². The third-order valence-corrected chi connectivity index (χ3v) is 3.54. The zero-order chi connectivity index (χ0) is 12.5. The van der Waals surface area contributed by atoms with Gasteiger partial charge in [0.25, 0.3) is 5.89 Å². The maximum atomic E-state index is 5.87. The Morgan fingerprint density at radius 1 is 1.17 bits per heavy atom. The highest BCUT2D eigenvalue weighted by atomic mass is 32.1. The lowest BCUT2D eigenvalue weighted by molar-refractivity contribution is 0.586. The van der Waals surface area contributed by atoms with E-state index in [1.165, 1.54) is 0 Å². The van der Waals surface area contributed by atoms with Crippen molar-refractivity contribution in [3.63, 3.8) is 0 Å². The average Bonchev–Trinajstić information content (AvgIpc) is 3.01. The van der Waals surface area contributed by atoms with Crippen LogP contribution in [0.5, 0.6) is 0 Å². The van der Waals surface area contributed by atoms with Gasteiger partial charge in [-0.1, -0.05) is 12.1 Å². The van der Waals surface area contributed by atoms with E-state index >= 15 is 0 Å². The van der Waals surface area contributed by atoms with Crippen LogP contribution in [-0.2, 0) is 0 Å². The fourth-order valence-electron chi connectivity index (χ4n) is 1.61. The molecule has 3 aromatic rings. The molecule has 0 amide bonds. The van der Waals surface area contributed by atoms with Crippen molar-refractivity contribution in [2.24, 2.45) is 0 Å². The lowest BCUT2D eigenvalue weighted by Crippen LogP contribution is -1.89. The summed E-state index contributed by atoms with van der Waals surface area (Å²) in [4.78, 5) is 0.967. The second-order valence-corrected chi connectivity index (χ2v) is 4.91. The van der Waals surface area contributed by atoms with Crippen LogP contribution in [0.25, 0.3) is 22.2 Å². The highest BCUT2D eigenvalue weighted by molar-refractivity contribution is 7.13. The summed E-state index contributed by atoms with van der Waals surface area (Å²) in [5.74, 6) is 1.03. The third-order valence-electron chi connectivity index (χ3n) is 2.68. The number of aryl methyl sites for hydroxylation is 1. The van der Waals surface area contributed by atoms with Gasteiger partial charge in [-0.2, -0.15) is 0 Å². The zero-order valence-electron chi connectivity index (χ0n) is 9.75. The zero-order valence-corrected chi connectivity index (χ0v) is 10.6. The molecule has 3 rings (SSSR count). The molecule has 5 heteroatoms. The summed E-state index contributed by atoms with van der Waals surface area (Å²) in [6.45, 7) is 1.96. The molecule has 18 heavy (non-hydrogen) atoms. The third kappa shape index (κ3) is 1.89. The summed E-state index contributed by atoms with van der Waals surface area (Å²) in [5, 5.41) is 10.1. The monoisotopic (exact) mass is 257 g/mol. The molecule has 0 saturated carbocycles. The van der Waals surface area contributed by atoms with Crippen molar-refractivity contribution in [1.29, 1.82) is 0 Å². The van der Waals surface area contributed by atoms with E-state index in [0.717, 1.165) is 21.7 Å². The Bertz CT molecular complexity index is 673. The van der Waals surface area contributed by atoms with Gasteiger partial charge >= 0.3 is 0 Å². The minimum atomic E-state index is 0.491. The molecule has 2 aromatic heterocycles. The predicted molar refractivity (Wildman–Crippen MR) is 72.2 cm³/mol. The molecule has 0 spiro atoms. The summed E-state index contributed by atoms with van der Waals surface area (Å²) < 4.78 is 5.64. The molecule has 0 fully saturated rings. The number of rotatable bonds is 2. The van der Waals surface area contributed by atoms with Crippen LogP contribution < -0.4 is 5.73 Å². The van der Waals surface area contributed by atoms with Crippen LogP contribution in [-0.4, -0.2) is 10.2 Å². The number of thiophene rings is 1. The van der Waals surface area contributed by atoms with Gasteiger partial charge in [0.2, 0.25) is 5.89 Å². The maximum absolute atomic E-state index is 5.87. The first kappa shape index (κ1) is 11.0. The first-order valence-corrected chi connectivity index (χ1v) is 6.36. The highest BCUT2D eigenvalue weighted by Gasteiger charge is 2.11. The normalized spacial score (nSPS) is 10.7. The van der Waals surface area contributed by atoms with Crippen LogP contribution in [0.2, 0.25) is 0 Å². The SMILES string of the molecule is Cc1ccc(-c2nnc(-c3cccs3)o2)cc1N. The highest BCUT2D eigenvalue weighted by Crippen LogP contribution is 2.28. The van der Waals surface area contributed by atoms with Gasteiger partial charge in [-0.05, 0) is 36.1 Å². The smallest absolute Gasteiger partial charge is 0.258 e. The average molecular weight is 257 g/mol. The summed E-state index contributed by atoms with van der Waals surface area (Å²) in [6, 6.07) is 9.62.